The van der Waals surface area contributed by atoms with Crippen LogP contribution in [0.1, 0.15) is 0 Å². The molecule has 0 radical (unpaired) electrons. The Hall–Kier alpha value is -0.240. The molecule has 13 heavy (non-hydrogen) atoms. The minimum absolute atomic E-state index is 0.576. The van der Waals surface area contributed by atoms with Crippen molar-refractivity contribution in [2.45, 2.75) is 0 Å². The van der Waals surface area contributed by atoms with E-state index in [0.717, 1.165) is 15.2 Å². The molecule has 2 aromatic rings. The minimum Gasteiger partial charge on any atom is -0.0826 e. The Kier molecular flexibility index (Phi) is 2.50. The molecule has 2 aromatic carbocycles. The van der Waals surface area contributed by atoms with Crippen molar-refractivity contribution >= 4 is 49.9 Å². The fourth-order valence-corrected chi connectivity index (χ4v) is 2.40. The van der Waals surface area contributed by atoms with E-state index in [4.69, 9.17) is 23.2 Å². The first-order chi connectivity index (χ1) is 6.20. The SMILES string of the molecule is Clc1cc(Br)c2ccccc2c1Cl. The number of fused-ring (bicyclic) bond motifs is 1. The van der Waals surface area contributed by atoms with Crippen LogP contribution >= 0.6 is 39.1 Å². The van der Waals surface area contributed by atoms with E-state index in [-0.39, 0.29) is 0 Å². The monoisotopic (exact) mass is 274 g/mol. The molecular weight excluding hydrogens is 271 g/mol. The second-order valence-corrected chi connectivity index (χ2v) is 4.34. The molecule has 0 aliphatic heterocycles. The van der Waals surface area contributed by atoms with Crippen LogP contribution in [-0.2, 0) is 0 Å². The van der Waals surface area contributed by atoms with Gasteiger partial charge >= 0.3 is 0 Å². The van der Waals surface area contributed by atoms with Crippen molar-refractivity contribution in [3.05, 3.63) is 44.8 Å². The summed E-state index contributed by atoms with van der Waals surface area (Å²) in [6.45, 7) is 0. The Labute approximate surface area is 94.6 Å². The van der Waals surface area contributed by atoms with Gasteiger partial charge in [-0.2, -0.15) is 0 Å². The molecule has 0 aromatic heterocycles. The Morgan fingerprint density at radius 2 is 1.62 bits per heavy atom. The van der Waals surface area contributed by atoms with Crippen LogP contribution in [0.5, 0.6) is 0 Å². The van der Waals surface area contributed by atoms with Gasteiger partial charge in [0.2, 0.25) is 0 Å². The summed E-state index contributed by atoms with van der Waals surface area (Å²) in [5, 5.41) is 3.24. The molecule has 2 rings (SSSR count). The van der Waals surface area contributed by atoms with Gasteiger partial charge in [-0.25, -0.2) is 0 Å². The van der Waals surface area contributed by atoms with E-state index < -0.39 is 0 Å². The van der Waals surface area contributed by atoms with Crippen molar-refractivity contribution in [2.24, 2.45) is 0 Å². The summed E-state index contributed by atoms with van der Waals surface area (Å²) in [6, 6.07) is 9.68. The maximum Gasteiger partial charge on any atom is 0.0671 e. The topological polar surface area (TPSA) is 0 Å². The average molecular weight is 276 g/mol. The minimum atomic E-state index is 0.576. The zero-order valence-corrected chi connectivity index (χ0v) is 9.62. The third-order valence-corrected chi connectivity index (χ3v) is 3.34. The molecular formula is C10H5BrCl2. The van der Waals surface area contributed by atoms with Crippen molar-refractivity contribution in [3.63, 3.8) is 0 Å². The van der Waals surface area contributed by atoms with E-state index in [0.29, 0.717) is 10.0 Å². The normalized spacial score (nSPS) is 10.7. The fraction of sp³-hybridized carbons (Fsp3) is 0. The maximum absolute atomic E-state index is 6.05. The molecule has 0 nitrogen and oxygen atoms in total. The molecule has 66 valence electrons. The van der Waals surface area contributed by atoms with E-state index >= 15 is 0 Å². The molecule has 0 spiro atoms. The summed E-state index contributed by atoms with van der Waals surface area (Å²) in [5.41, 5.74) is 0. The second-order valence-electron chi connectivity index (χ2n) is 2.70. The van der Waals surface area contributed by atoms with Gasteiger partial charge in [0.1, 0.15) is 0 Å². The molecule has 0 unspecified atom stereocenters. The lowest BCUT2D eigenvalue weighted by Crippen LogP contribution is -1.77. The van der Waals surface area contributed by atoms with Gasteiger partial charge in [0.15, 0.2) is 0 Å². The molecule has 0 fully saturated rings. The molecule has 0 atom stereocenters. The van der Waals surface area contributed by atoms with Gasteiger partial charge in [-0.05, 0) is 11.5 Å². The van der Waals surface area contributed by atoms with Gasteiger partial charge in [-0.15, -0.1) is 0 Å². The Morgan fingerprint density at radius 3 is 2.31 bits per heavy atom. The second kappa shape index (κ2) is 3.49. The summed E-state index contributed by atoms with van der Waals surface area (Å²) in [6.07, 6.45) is 0. The average Bonchev–Trinajstić information content (AvgIpc) is 2.15. The Balaban J connectivity index is 2.97. The van der Waals surface area contributed by atoms with Crippen LogP contribution in [0.2, 0.25) is 10.0 Å². The van der Waals surface area contributed by atoms with E-state index in [1.165, 1.54) is 0 Å². The summed E-state index contributed by atoms with van der Waals surface area (Å²) in [7, 11) is 0. The van der Waals surface area contributed by atoms with Crippen LogP contribution in [0.4, 0.5) is 0 Å². The number of halogens is 3. The highest BCUT2D eigenvalue weighted by Gasteiger charge is 2.06. The van der Waals surface area contributed by atoms with Crippen LogP contribution < -0.4 is 0 Å². The summed E-state index contributed by atoms with van der Waals surface area (Å²) in [5.74, 6) is 0. The van der Waals surface area contributed by atoms with E-state index in [9.17, 15) is 0 Å². The lowest BCUT2D eigenvalue weighted by molar-refractivity contribution is 1.70. The third-order valence-electron chi connectivity index (χ3n) is 1.88. The van der Waals surface area contributed by atoms with E-state index in [2.05, 4.69) is 15.9 Å². The molecule has 0 heterocycles. The van der Waals surface area contributed by atoms with Crippen LogP contribution in [0.3, 0.4) is 0 Å². The molecule has 0 saturated carbocycles. The summed E-state index contributed by atoms with van der Waals surface area (Å²) >= 11 is 15.4. The molecule has 0 bridgehead atoms. The standard InChI is InChI=1S/C10H5BrCl2/c11-8-5-9(12)10(13)7-4-2-1-3-6(7)8/h1-5H. The highest BCUT2D eigenvalue weighted by molar-refractivity contribution is 9.10. The first-order valence-electron chi connectivity index (χ1n) is 3.72. The number of benzene rings is 2. The quantitative estimate of drug-likeness (QED) is 0.600. The van der Waals surface area contributed by atoms with Crippen molar-refractivity contribution in [1.82, 2.24) is 0 Å². The zero-order valence-electron chi connectivity index (χ0n) is 6.52. The van der Waals surface area contributed by atoms with E-state index in [1.54, 1.807) is 0 Å². The molecule has 3 heteroatoms. The molecule has 0 amide bonds. The van der Waals surface area contributed by atoms with Gasteiger partial charge in [0.25, 0.3) is 0 Å². The highest BCUT2D eigenvalue weighted by Crippen LogP contribution is 2.35. The van der Waals surface area contributed by atoms with Crippen molar-refractivity contribution in [2.75, 3.05) is 0 Å². The predicted molar refractivity (Wildman–Crippen MR) is 61.7 cm³/mol. The van der Waals surface area contributed by atoms with E-state index in [1.807, 2.05) is 30.3 Å². The molecule has 0 saturated heterocycles. The van der Waals surface area contributed by atoms with Gasteiger partial charge in [0.05, 0.1) is 10.0 Å². The molecule has 0 N–H and O–H groups in total. The Morgan fingerprint density at radius 1 is 1.00 bits per heavy atom. The van der Waals surface area contributed by atoms with Crippen molar-refractivity contribution < 1.29 is 0 Å². The zero-order chi connectivity index (χ0) is 9.42. The maximum atomic E-state index is 6.05. The van der Waals surface area contributed by atoms with Crippen molar-refractivity contribution in [3.8, 4) is 0 Å². The number of hydrogen-bond donors (Lipinski definition) is 0. The highest BCUT2D eigenvalue weighted by atomic mass is 79.9. The fourth-order valence-electron chi connectivity index (χ4n) is 1.26. The largest absolute Gasteiger partial charge is 0.0826 e. The Bertz CT molecular complexity index is 466. The van der Waals surface area contributed by atoms with Gasteiger partial charge in [0, 0.05) is 9.86 Å². The first kappa shape index (κ1) is 9.32. The molecule has 0 aliphatic rings. The van der Waals surface area contributed by atoms with Crippen LogP contribution in [-0.4, -0.2) is 0 Å². The first-order valence-corrected chi connectivity index (χ1v) is 5.27. The molecule has 0 aliphatic carbocycles. The van der Waals surface area contributed by atoms with Crippen LogP contribution in [0, 0.1) is 0 Å². The summed E-state index contributed by atoms with van der Waals surface area (Å²) in [4.78, 5) is 0. The van der Waals surface area contributed by atoms with Gasteiger partial charge < -0.3 is 0 Å². The summed E-state index contributed by atoms with van der Waals surface area (Å²) < 4.78 is 0.970. The number of hydrogen-bond acceptors (Lipinski definition) is 0. The lowest BCUT2D eigenvalue weighted by Gasteiger charge is -2.04. The predicted octanol–water partition coefficient (Wildman–Crippen LogP) is 4.91. The third kappa shape index (κ3) is 1.56. The smallest absolute Gasteiger partial charge is 0.0671 e. The van der Waals surface area contributed by atoms with Gasteiger partial charge in [-0.3, -0.25) is 0 Å². The van der Waals surface area contributed by atoms with Crippen molar-refractivity contribution in [1.29, 1.82) is 0 Å². The lowest BCUT2D eigenvalue weighted by atomic mass is 10.1. The number of rotatable bonds is 0. The van der Waals surface area contributed by atoms with Gasteiger partial charge in [-0.1, -0.05) is 63.4 Å². The van der Waals surface area contributed by atoms with Crippen LogP contribution in [0.15, 0.2) is 34.8 Å². The van der Waals surface area contributed by atoms with Crippen LogP contribution in [0.25, 0.3) is 10.8 Å².